The van der Waals surface area contributed by atoms with E-state index in [0.717, 1.165) is 27.7 Å². The standard InChI is InChI=1S/C21H30Br4O9/c1-15(2,22)10(27)11(28)20(33,13(30)17(5,6)24)21(34,14(31)18(7,8)25)19(32,9-26)12(29)16(3,4)23/h26,32-34H,9H2,1-8H3/t19-,20-,21+/m0/s1. The third kappa shape index (κ3) is 5.81. The zero-order valence-electron chi connectivity index (χ0n) is 20.0. The van der Waals surface area contributed by atoms with Crippen molar-refractivity contribution in [2.75, 3.05) is 6.61 Å². The molecule has 0 aliphatic carbocycles. The van der Waals surface area contributed by atoms with Crippen LogP contribution in [0, 0.1) is 0 Å². The van der Waals surface area contributed by atoms with Crippen LogP contribution in [-0.2, 0) is 24.0 Å². The third-order valence-electron chi connectivity index (χ3n) is 5.08. The first kappa shape index (κ1) is 34.1. The average Bonchev–Trinajstić information content (AvgIpc) is 2.65. The normalized spacial score (nSPS) is 18.8. The minimum atomic E-state index is -4.04. The van der Waals surface area contributed by atoms with Gasteiger partial charge < -0.3 is 20.4 Å². The first-order valence-corrected chi connectivity index (χ1v) is 13.0. The van der Waals surface area contributed by atoms with Crippen molar-refractivity contribution in [2.24, 2.45) is 0 Å². The summed E-state index contributed by atoms with van der Waals surface area (Å²) in [6.07, 6.45) is 0. The molecule has 0 saturated carbocycles. The summed E-state index contributed by atoms with van der Waals surface area (Å²) >= 11 is 11.8. The van der Waals surface area contributed by atoms with Crippen molar-refractivity contribution in [3.63, 3.8) is 0 Å². The van der Waals surface area contributed by atoms with Gasteiger partial charge >= 0.3 is 0 Å². The van der Waals surface area contributed by atoms with Gasteiger partial charge in [-0.1, -0.05) is 63.7 Å². The molecule has 3 atom stereocenters. The van der Waals surface area contributed by atoms with E-state index in [4.69, 9.17) is 0 Å². The van der Waals surface area contributed by atoms with Crippen LogP contribution in [0.15, 0.2) is 0 Å². The van der Waals surface area contributed by atoms with Gasteiger partial charge in [0.1, 0.15) is 0 Å². The van der Waals surface area contributed by atoms with Crippen molar-refractivity contribution in [1.29, 1.82) is 0 Å². The number of aliphatic hydroxyl groups is 4. The molecule has 0 saturated heterocycles. The summed E-state index contributed by atoms with van der Waals surface area (Å²) in [7, 11) is 0. The zero-order chi connectivity index (χ0) is 28.1. The van der Waals surface area contributed by atoms with Crippen molar-refractivity contribution >= 4 is 92.6 Å². The Kier molecular flexibility index (Phi) is 10.1. The van der Waals surface area contributed by atoms with Crippen LogP contribution in [0.5, 0.6) is 0 Å². The number of ketones is 5. The minimum Gasteiger partial charge on any atom is -0.393 e. The number of aliphatic hydroxyl groups excluding tert-OH is 1. The molecule has 0 rings (SSSR count). The molecule has 4 N–H and O–H groups in total. The summed E-state index contributed by atoms with van der Waals surface area (Å²) in [6.45, 7) is 7.69. The molecule has 0 heterocycles. The van der Waals surface area contributed by atoms with Crippen molar-refractivity contribution in [3.8, 4) is 0 Å². The largest absolute Gasteiger partial charge is 0.393 e. The predicted octanol–water partition coefficient (Wildman–Crippen LogP) is 1.71. The van der Waals surface area contributed by atoms with Crippen LogP contribution in [0.1, 0.15) is 55.4 Å². The minimum absolute atomic E-state index is 1.15. The fraction of sp³-hybridized carbons (Fsp3) is 0.762. The van der Waals surface area contributed by atoms with Gasteiger partial charge in [-0.3, -0.25) is 24.0 Å². The molecule has 0 aromatic rings. The molecule has 0 aliphatic heterocycles. The molecule has 0 fully saturated rings. The van der Waals surface area contributed by atoms with Crippen LogP contribution in [0.25, 0.3) is 0 Å². The van der Waals surface area contributed by atoms with Crippen molar-refractivity contribution in [1.82, 2.24) is 0 Å². The number of Topliss-reactive ketones (excluding diaryl/α,β-unsaturated/α-hetero) is 5. The number of alkyl halides is 4. The van der Waals surface area contributed by atoms with Gasteiger partial charge in [-0.25, -0.2) is 0 Å². The molecule has 0 aromatic carbocycles. The Balaban J connectivity index is 8.11. The lowest BCUT2D eigenvalue weighted by atomic mass is 9.59. The summed E-state index contributed by atoms with van der Waals surface area (Å²) in [5, 5.41) is 45.2. The van der Waals surface area contributed by atoms with Gasteiger partial charge in [0.05, 0.1) is 23.9 Å². The molecule has 0 radical (unpaired) electrons. The highest BCUT2D eigenvalue weighted by atomic mass is 79.9. The van der Waals surface area contributed by atoms with Gasteiger partial charge in [0.25, 0.3) is 0 Å². The van der Waals surface area contributed by atoms with E-state index < -0.39 is 69.6 Å². The van der Waals surface area contributed by atoms with E-state index in [1.807, 2.05) is 0 Å². The summed E-state index contributed by atoms with van der Waals surface area (Å²) in [4.78, 5) is 66.9. The predicted molar refractivity (Wildman–Crippen MR) is 139 cm³/mol. The van der Waals surface area contributed by atoms with Gasteiger partial charge in [-0.05, 0) is 55.4 Å². The molecular weight excluding hydrogens is 716 g/mol. The summed E-state index contributed by atoms with van der Waals surface area (Å²) in [6, 6.07) is 0. The molecule has 34 heavy (non-hydrogen) atoms. The second-order valence-electron chi connectivity index (χ2n) is 9.97. The van der Waals surface area contributed by atoms with Gasteiger partial charge in [-0.2, -0.15) is 0 Å². The molecule has 13 heteroatoms. The molecule has 0 spiro atoms. The molecule has 9 nitrogen and oxygen atoms in total. The lowest BCUT2D eigenvalue weighted by Gasteiger charge is -2.51. The van der Waals surface area contributed by atoms with Crippen LogP contribution in [0.3, 0.4) is 0 Å². The van der Waals surface area contributed by atoms with Gasteiger partial charge in [0, 0.05) is 0 Å². The smallest absolute Gasteiger partial charge is 0.242 e. The van der Waals surface area contributed by atoms with E-state index in [2.05, 4.69) is 63.7 Å². The van der Waals surface area contributed by atoms with Crippen LogP contribution >= 0.6 is 63.7 Å². The maximum atomic E-state index is 13.6. The van der Waals surface area contributed by atoms with E-state index in [1.165, 1.54) is 27.7 Å². The number of carbonyl (C=O) groups excluding carboxylic acids is 5. The van der Waals surface area contributed by atoms with Crippen molar-refractivity contribution in [2.45, 2.75) is 89.5 Å². The number of carbonyl (C=O) groups is 5. The topological polar surface area (TPSA) is 166 Å². The Bertz CT molecular complexity index is 890. The maximum Gasteiger partial charge on any atom is 0.242 e. The number of hydrogen-bond donors (Lipinski definition) is 4. The zero-order valence-corrected chi connectivity index (χ0v) is 26.4. The fourth-order valence-corrected chi connectivity index (χ4v) is 4.30. The molecular formula is C21H30Br4O9. The Hall–Kier alpha value is 0.110. The Labute approximate surface area is 231 Å². The highest BCUT2D eigenvalue weighted by Crippen LogP contribution is 2.46. The third-order valence-corrected chi connectivity index (χ3v) is 6.52. The van der Waals surface area contributed by atoms with Crippen molar-refractivity contribution < 1.29 is 44.4 Å². The lowest BCUT2D eigenvalue weighted by molar-refractivity contribution is -0.235. The molecule has 0 aliphatic rings. The first-order valence-electron chi connectivity index (χ1n) is 9.87. The lowest BCUT2D eigenvalue weighted by Crippen LogP contribution is -2.84. The summed E-state index contributed by atoms with van der Waals surface area (Å²) in [5.74, 6) is -8.12. The van der Waals surface area contributed by atoms with Crippen molar-refractivity contribution in [3.05, 3.63) is 0 Å². The number of rotatable bonds is 12. The van der Waals surface area contributed by atoms with Gasteiger partial charge in [0.15, 0.2) is 23.0 Å². The van der Waals surface area contributed by atoms with Crippen LogP contribution in [0.2, 0.25) is 0 Å². The van der Waals surface area contributed by atoms with Crippen LogP contribution in [0.4, 0.5) is 0 Å². The van der Waals surface area contributed by atoms with Crippen LogP contribution in [-0.4, -0.2) is 90.0 Å². The summed E-state index contributed by atoms with van der Waals surface area (Å²) < 4.78 is -7.20. The molecule has 0 bridgehead atoms. The monoisotopic (exact) mass is 742 g/mol. The SMILES string of the molecule is CC(C)(Br)C(=O)C(=O)[C@](O)(C(=O)C(C)(C)Br)[C@@](O)(C(=O)C(C)(C)Br)[C@](O)(CO)C(=O)C(C)(C)Br. The Morgan fingerprint density at radius 1 is 0.559 bits per heavy atom. The average molecular weight is 746 g/mol. The van der Waals surface area contributed by atoms with Gasteiger partial charge in [-0.15, -0.1) is 0 Å². The number of halogens is 4. The van der Waals surface area contributed by atoms with Gasteiger partial charge in [0.2, 0.25) is 22.8 Å². The molecule has 196 valence electrons. The quantitative estimate of drug-likeness (QED) is 0.132. The summed E-state index contributed by atoms with van der Waals surface area (Å²) in [5.41, 5.74) is -11.7. The molecule has 0 amide bonds. The van der Waals surface area contributed by atoms with E-state index >= 15 is 0 Å². The van der Waals surface area contributed by atoms with Crippen LogP contribution < -0.4 is 0 Å². The fourth-order valence-electron chi connectivity index (χ4n) is 3.22. The van der Waals surface area contributed by atoms with E-state index in [-0.39, 0.29) is 0 Å². The second-order valence-corrected chi connectivity index (χ2v) is 17.9. The Morgan fingerprint density at radius 2 is 0.882 bits per heavy atom. The molecule has 0 unspecified atom stereocenters. The maximum absolute atomic E-state index is 13.6. The highest BCUT2D eigenvalue weighted by Gasteiger charge is 2.78. The van der Waals surface area contributed by atoms with E-state index in [1.54, 1.807) is 0 Å². The molecule has 0 aromatic heterocycles. The van der Waals surface area contributed by atoms with E-state index in [9.17, 15) is 44.4 Å². The second kappa shape index (κ2) is 10.1. The Morgan fingerprint density at radius 3 is 1.12 bits per heavy atom. The first-order chi connectivity index (χ1) is 14.6. The highest BCUT2D eigenvalue weighted by molar-refractivity contribution is 9.10. The number of hydrogen-bond acceptors (Lipinski definition) is 9. The van der Waals surface area contributed by atoms with E-state index in [0.29, 0.717) is 0 Å².